The van der Waals surface area contributed by atoms with Crippen molar-refractivity contribution in [2.45, 2.75) is 5.60 Å². The third-order valence-corrected chi connectivity index (χ3v) is 6.52. The highest BCUT2D eigenvalue weighted by atomic mass is 35.5. The van der Waals surface area contributed by atoms with Gasteiger partial charge in [-0.3, -0.25) is 0 Å². The van der Waals surface area contributed by atoms with Gasteiger partial charge in [-0.15, -0.1) is 5.10 Å². The smallest absolute Gasteiger partial charge is 0.180 e. The number of aromatic nitrogens is 6. The average Bonchev–Trinajstić information content (AvgIpc) is 3.52. The molecule has 3 aromatic heterocycles. The van der Waals surface area contributed by atoms with Gasteiger partial charge in [0.25, 0.3) is 0 Å². The van der Waals surface area contributed by atoms with Crippen molar-refractivity contribution in [3.8, 4) is 11.1 Å². The zero-order valence-electron chi connectivity index (χ0n) is 18.5. The molecule has 35 heavy (non-hydrogen) atoms. The van der Waals surface area contributed by atoms with Crippen molar-refractivity contribution in [3.63, 3.8) is 0 Å². The maximum absolute atomic E-state index is 15.1. The maximum atomic E-state index is 15.1. The zero-order chi connectivity index (χ0) is 24.2. The summed E-state index contributed by atoms with van der Waals surface area (Å²) in [6.45, 7) is 0. The molecule has 6 rings (SSSR count). The highest BCUT2D eigenvalue weighted by molar-refractivity contribution is 6.30. The van der Waals surface area contributed by atoms with Crippen LogP contribution in [0.4, 0.5) is 4.39 Å². The Morgan fingerprint density at radius 1 is 1.00 bits per heavy atom. The first-order chi connectivity index (χ1) is 17.0. The van der Waals surface area contributed by atoms with Gasteiger partial charge in [0.2, 0.25) is 0 Å². The minimum Gasteiger partial charge on any atom is -0.374 e. The quantitative estimate of drug-likeness (QED) is 0.390. The van der Waals surface area contributed by atoms with E-state index in [9.17, 15) is 5.11 Å². The summed E-state index contributed by atoms with van der Waals surface area (Å²) in [5, 5.41) is 25.6. The molecule has 0 bridgehead atoms. The van der Waals surface area contributed by atoms with E-state index in [4.69, 9.17) is 11.6 Å². The van der Waals surface area contributed by atoms with Gasteiger partial charge in [-0.1, -0.05) is 48.0 Å². The Labute approximate surface area is 204 Å². The molecular formula is C26H18ClFN6O. The number of hydrogen-bond acceptors (Lipinski definition) is 5. The lowest BCUT2D eigenvalue weighted by Gasteiger charge is -2.30. The molecule has 0 aliphatic carbocycles. The molecule has 0 aliphatic rings. The second kappa shape index (κ2) is 7.97. The van der Waals surface area contributed by atoms with E-state index < -0.39 is 11.4 Å². The van der Waals surface area contributed by atoms with E-state index in [-0.39, 0.29) is 5.56 Å². The molecule has 1 N–H and O–H groups in total. The number of benzene rings is 3. The van der Waals surface area contributed by atoms with E-state index in [0.717, 1.165) is 22.0 Å². The Hall–Kier alpha value is -4.14. The van der Waals surface area contributed by atoms with Gasteiger partial charge in [-0.25, -0.2) is 9.37 Å². The monoisotopic (exact) mass is 484 g/mol. The lowest BCUT2D eigenvalue weighted by Crippen LogP contribution is -2.32. The average molecular weight is 485 g/mol. The van der Waals surface area contributed by atoms with Crippen molar-refractivity contribution >= 4 is 28.2 Å². The molecular weight excluding hydrogens is 467 g/mol. The molecule has 3 heterocycles. The number of tetrazole rings is 1. The second-order valence-electron chi connectivity index (χ2n) is 8.33. The predicted molar refractivity (Wildman–Crippen MR) is 130 cm³/mol. The van der Waals surface area contributed by atoms with E-state index in [1.165, 1.54) is 6.07 Å². The first kappa shape index (κ1) is 21.4. The number of nitrogens with zero attached hydrogens (tertiary/aromatic N) is 6. The SMILES string of the molecule is Cn1cncc1C(O)(c1ccc2c(c1)c(-c1cccc(Cl)c1)cc1nnnn12)c1ccccc1F. The van der Waals surface area contributed by atoms with Gasteiger partial charge in [-0.2, -0.15) is 4.52 Å². The fourth-order valence-electron chi connectivity index (χ4n) is 4.62. The van der Waals surface area contributed by atoms with Gasteiger partial charge in [0.05, 0.1) is 23.7 Å². The topological polar surface area (TPSA) is 81.1 Å². The highest BCUT2D eigenvalue weighted by Crippen LogP contribution is 2.40. The summed E-state index contributed by atoms with van der Waals surface area (Å²) in [6, 6.07) is 20.9. The van der Waals surface area contributed by atoms with Gasteiger partial charge in [0, 0.05) is 23.0 Å². The molecule has 3 aromatic carbocycles. The van der Waals surface area contributed by atoms with Crippen LogP contribution >= 0.6 is 11.6 Å². The van der Waals surface area contributed by atoms with Crippen molar-refractivity contribution in [2.75, 3.05) is 0 Å². The van der Waals surface area contributed by atoms with Crippen LogP contribution in [0.15, 0.2) is 85.3 Å². The summed E-state index contributed by atoms with van der Waals surface area (Å²) in [4.78, 5) is 4.17. The fraction of sp³-hybridized carbons (Fsp3) is 0.0769. The third-order valence-electron chi connectivity index (χ3n) is 6.29. The summed E-state index contributed by atoms with van der Waals surface area (Å²) in [5.41, 5.74) is 2.18. The molecule has 1 atom stereocenters. The molecule has 172 valence electrons. The first-order valence-electron chi connectivity index (χ1n) is 10.8. The standard InChI is InChI=1S/C26H18ClFN6O/c1-33-15-29-14-24(33)26(35,21-7-2-3-8-22(21)28)17-9-10-23-20(12-17)19(13-25-30-31-32-34(23)25)16-5-4-6-18(27)11-16/h2-15,35H,1H3. The fourth-order valence-corrected chi connectivity index (χ4v) is 4.81. The summed E-state index contributed by atoms with van der Waals surface area (Å²) in [6.07, 6.45) is 3.11. The van der Waals surface area contributed by atoms with Gasteiger partial charge < -0.3 is 9.67 Å². The van der Waals surface area contributed by atoms with Crippen LogP contribution in [0, 0.1) is 5.82 Å². The van der Waals surface area contributed by atoms with Crippen LogP contribution in [-0.4, -0.2) is 34.7 Å². The molecule has 0 saturated heterocycles. The lowest BCUT2D eigenvalue weighted by atomic mass is 9.82. The Morgan fingerprint density at radius 2 is 1.86 bits per heavy atom. The van der Waals surface area contributed by atoms with Gasteiger partial charge in [0.15, 0.2) is 11.2 Å². The maximum Gasteiger partial charge on any atom is 0.180 e. The summed E-state index contributed by atoms with van der Waals surface area (Å²) in [7, 11) is 1.76. The normalized spacial score (nSPS) is 13.4. The minimum absolute atomic E-state index is 0.121. The van der Waals surface area contributed by atoms with Crippen LogP contribution in [0.5, 0.6) is 0 Å². The van der Waals surface area contributed by atoms with E-state index in [0.29, 0.717) is 21.9 Å². The van der Waals surface area contributed by atoms with Crippen molar-refractivity contribution < 1.29 is 9.50 Å². The Kier molecular flexibility index (Phi) is 4.87. The zero-order valence-corrected chi connectivity index (χ0v) is 19.2. The van der Waals surface area contributed by atoms with Crippen molar-refractivity contribution in [3.05, 3.63) is 113 Å². The molecule has 0 aliphatic heterocycles. The number of halogens is 2. The summed E-state index contributed by atoms with van der Waals surface area (Å²) < 4.78 is 18.4. The van der Waals surface area contributed by atoms with E-state index in [1.807, 2.05) is 36.4 Å². The highest BCUT2D eigenvalue weighted by Gasteiger charge is 2.39. The molecule has 9 heteroatoms. The molecule has 0 fully saturated rings. The van der Waals surface area contributed by atoms with E-state index in [1.54, 1.807) is 59.0 Å². The third kappa shape index (κ3) is 3.30. The number of aliphatic hydroxyl groups is 1. The predicted octanol–water partition coefficient (Wildman–Crippen LogP) is 4.75. The lowest BCUT2D eigenvalue weighted by molar-refractivity contribution is 0.113. The molecule has 0 saturated carbocycles. The number of aryl methyl sites for hydroxylation is 1. The van der Waals surface area contributed by atoms with Crippen molar-refractivity contribution in [1.82, 2.24) is 29.6 Å². The molecule has 0 amide bonds. The van der Waals surface area contributed by atoms with Gasteiger partial charge in [-0.05, 0) is 63.5 Å². The van der Waals surface area contributed by atoms with Crippen LogP contribution in [0.1, 0.15) is 16.8 Å². The van der Waals surface area contributed by atoms with Crippen LogP contribution in [0.2, 0.25) is 5.02 Å². The van der Waals surface area contributed by atoms with Crippen LogP contribution in [0.25, 0.3) is 27.7 Å². The molecule has 0 spiro atoms. The summed E-state index contributed by atoms with van der Waals surface area (Å²) in [5.74, 6) is -0.526. The van der Waals surface area contributed by atoms with Crippen LogP contribution < -0.4 is 0 Å². The van der Waals surface area contributed by atoms with Crippen LogP contribution in [-0.2, 0) is 12.6 Å². The van der Waals surface area contributed by atoms with Crippen LogP contribution in [0.3, 0.4) is 0 Å². The minimum atomic E-state index is -1.81. The number of rotatable bonds is 4. The summed E-state index contributed by atoms with van der Waals surface area (Å²) >= 11 is 6.29. The number of imidazole rings is 1. The Balaban J connectivity index is 1.70. The Bertz CT molecular complexity index is 1730. The largest absolute Gasteiger partial charge is 0.374 e. The number of fused-ring (bicyclic) bond motifs is 3. The molecule has 1 unspecified atom stereocenters. The van der Waals surface area contributed by atoms with E-state index >= 15 is 4.39 Å². The molecule has 0 radical (unpaired) electrons. The van der Waals surface area contributed by atoms with Gasteiger partial charge in [0.1, 0.15) is 5.82 Å². The van der Waals surface area contributed by atoms with Crippen molar-refractivity contribution in [2.24, 2.45) is 7.05 Å². The van der Waals surface area contributed by atoms with Gasteiger partial charge >= 0.3 is 0 Å². The molecule has 7 nitrogen and oxygen atoms in total. The number of hydrogen-bond donors (Lipinski definition) is 1. The van der Waals surface area contributed by atoms with Crippen molar-refractivity contribution in [1.29, 1.82) is 0 Å². The van der Waals surface area contributed by atoms with E-state index in [2.05, 4.69) is 20.5 Å². The Morgan fingerprint density at radius 3 is 2.63 bits per heavy atom. The molecule has 6 aromatic rings. The number of pyridine rings is 1. The second-order valence-corrected chi connectivity index (χ2v) is 8.77. The first-order valence-corrected chi connectivity index (χ1v) is 11.2.